The summed E-state index contributed by atoms with van der Waals surface area (Å²) in [5.41, 5.74) is 1.64. The van der Waals surface area contributed by atoms with Gasteiger partial charge in [0.15, 0.2) is 0 Å². The highest BCUT2D eigenvalue weighted by Gasteiger charge is 2.41. The van der Waals surface area contributed by atoms with Gasteiger partial charge in [-0.1, -0.05) is 12.1 Å². The molecule has 0 aliphatic carbocycles. The van der Waals surface area contributed by atoms with E-state index in [-0.39, 0.29) is 11.6 Å². The summed E-state index contributed by atoms with van der Waals surface area (Å²) in [6, 6.07) is 9.63. The standard InChI is InChI=1S/C14H17N3O2/c1-14(9-17(10-14)13(18)19-2)16-8-12-5-3-4-11(6-12)7-15/h3-6,16H,8-10H2,1-2H3. The van der Waals surface area contributed by atoms with Crippen LogP contribution in [0.4, 0.5) is 4.79 Å². The van der Waals surface area contributed by atoms with E-state index >= 15 is 0 Å². The summed E-state index contributed by atoms with van der Waals surface area (Å²) in [5, 5.41) is 12.3. The Hall–Kier alpha value is -2.06. The molecule has 1 amide bonds. The molecule has 2 rings (SSSR count). The lowest BCUT2D eigenvalue weighted by Gasteiger charge is -2.47. The summed E-state index contributed by atoms with van der Waals surface area (Å²) in [7, 11) is 1.39. The van der Waals surface area contributed by atoms with Crippen molar-refractivity contribution in [2.75, 3.05) is 20.2 Å². The van der Waals surface area contributed by atoms with Crippen LogP contribution < -0.4 is 5.32 Å². The van der Waals surface area contributed by atoms with Crippen LogP contribution in [0.2, 0.25) is 0 Å². The van der Waals surface area contributed by atoms with Crippen molar-refractivity contribution in [3.63, 3.8) is 0 Å². The predicted octanol–water partition coefficient (Wildman–Crippen LogP) is 1.49. The summed E-state index contributed by atoms with van der Waals surface area (Å²) < 4.78 is 4.66. The summed E-state index contributed by atoms with van der Waals surface area (Å²) in [5.74, 6) is 0. The van der Waals surface area contributed by atoms with Gasteiger partial charge in [-0.25, -0.2) is 4.79 Å². The zero-order valence-electron chi connectivity index (χ0n) is 11.1. The number of hydrogen-bond acceptors (Lipinski definition) is 4. The number of hydrogen-bond donors (Lipinski definition) is 1. The molecule has 1 heterocycles. The molecule has 5 heteroatoms. The zero-order chi connectivity index (χ0) is 13.9. The van der Waals surface area contributed by atoms with Crippen molar-refractivity contribution in [2.24, 2.45) is 0 Å². The maximum Gasteiger partial charge on any atom is 0.409 e. The first-order valence-electron chi connectivity index (χ1n) is 6.13. The third-order valence-electron chi connectivity index (χ3n) is 3.29. The molecule has 19 heavy (non-hydrogen) atoms. The number of benzene rings is 1. The van der Waals surface area contributed by atoms with Crippen LogP contribution in [0.15, 0.2) is 24.3 Å². The summed E-state index contributed by atoms with van der Waals surface area (Å²) in [6.45, 7) is 4.02. The van der Waals surface area contributed by atoms with Gasteiger partial charge < -0.3 is 15.0 Å². The normalized spacial score (nSPS) is 16.4. The van der Waals surface area contributed by atoms with Crippen molar-refractivity contribution >= 4 is 6.09 Å². The van der Waals surface area contributed by atoms with Gasteiger partial charge in [-0.3, -0.25) is 0 Å². The first-order chi connectivity index (χ1) is 9.06. The number of amides is 1. The minimum Gasteiger partial charge on any atom is -0.453 e. The van der Waals surface area contributed by atoms with Gasteiger partial charge in [0.25, 0.3) is 0 Å². The van der Waals surface area contributed by atoms with Gasteiger partial charge in [-0.2, -0.15) is 5.26 Å². The van der Waals surface area contributed by atoms with Gasteiger partial charge in [0.2, 0.25) is 0 Å². The van der Waals surface area contributed by atoms with E-state index in [0.29, 0.717) is 25.2 Å². The second-order valence-corrected chi connectivity index (χ2v) is 5.05. The Bertz CT molecular complexity index is 516. The Balaban J connectivity index is 1.86. The molecule has 1 saturated heterocycles. The third-order valence-corrected chi connectivity index (χ3v) is 3.29. The molecule has 1 aromatic carbocycles. The Labute approximate surface area is 112 Å². The van der Waals surface area contributed by atoms with Gasteiger partial charge in [0.05, 0.1) is 24.3 Å². The SMILES string of the molecule is COC(=O)N1CC(C)(NCc2cccc(C#N)c2)C1. The van der Waals surface area contributed by atoms with Gasteiger partial charge >= 0.3 is 6.09 Å². The first kappa shape index (κ1) is 13.4. The van der Waals surface area contributed by atoms with Gasteiger partial charge in [0.1, 0.15) is 0 Å². The number of rotatable bonds is 3. The average Bonchev–Trinajstić information content (AvgIpc) is 2.41. The van der Waals surface area contributed by atoms with Crippen LogP contribution in [0.5, 0.6) is 0 Å². The fourth-order valence-electron chi connectivity index (χ4n) is 2.23. The Morgan fingerprint density at radius 3 is 2.95 bits per heavy atom. The highest BCUT2D eigenvalue weighted by molar-refractivity contribution is 5.69. The molecule has 0 atom stereocenters. The van der Waals surface area contributed by atoms with Crippen LogP contribution in [0.3, 0.4) is 0 Å². The van der Waals surface area contributed by atoms with Crippen molar-refractivity contribution in [1.29, 1.82) is 5.26 Å². The van der Waals surface area contributed by atoms with Crippen molar-refractivity contribution in [1.82, 2.24) is 10.2 Å². The monoisotopic (exact) mass is 259 g/mol. The number of likely N-dealkylation sites (tertiary alicyclic amines) is 1. The number of nitrogens with one attached hydrogen (secondary N) is 1. The quantitative estimate of drug-likeness (QED) is 0.893. The van der Waals surface area contributed by atoms with Crippen LogP contribution in [0, 0.1) is 11.3 Å². The second-order valence-electron chi connectivity index (χ2n) is 5.05. The molecule has 0 bridgehead atoms. The predicted molar refractivity (Wildman–Crippen MR) is 70.4 cm³/mol. The van der Waals surface area contributed by atoms with Crippen LogP contribution in [-0.4, -0.2) is 36.7 Å². The lowest BCUT2D eigenvalue weighted by atomic mass is 9.92. The Morgan fingerprint density at radius 2 is 2.32 bits per heavy atom. The van der Waals surface area contributed by atoms with E-state index in [1.165, 1.54) is 7.11 Å². The zero-order valence-corrected chi connectivity index (χ0v) is 11.1. The maximum atomic E-state index is 11.3. The van der Waals surface area contributed by atoms with Crippen molar-refractivity contribution in [3.8, 4) is 6.07 Å². The molecule has 1 aromatic rings. The molecule has 1 fully saturated rings. The molecule has 1 N–H and O–H groups in total. The number of methoxy groups -OCH3 is 1. The average molecular weight is 259 g/mol. The molecule has 1 aliphatic heterocycles. The molecule has 0 spiro atoms. The summed E-state index contributed by atoms with van der Waals surface area (Å²) in [6.07, 6.45) is -0.286. The van der Waals surface area contributed by atoms with Gasteiger partial charge in [0, 0.05) is 19.6 Å². The molecule has 5 nitrogen and oxygen atoms in total. The van der Waals surface area contributed by atoms with E-state index in [0.717, 1.165) is 5.56 Å². The molecular weight excluding hydrogens is 242 g/mol. The van der Waals surface area contributed by atoms with E-state index in [1.807, 2.05) is 18.2 Å². The summed E-state index contributed by atoms with van der Waals surface area (Å²) >= 11 is 0. The van der Waals surface area contributed by atoms with E-state index in [1.54, 1.807) is 11.0 Å². The minimum absolute atomic E-state index is 0.0865. The molecule has 0 radical (unpaired) electrons. The number of nitrogens with zero attached hydrogens (tertiary/aromatic N) is 2. The fraction of sp³-hybridized carbons (Fsp3) is 0.429. The molecule has 0 aromatic heterocycles. The fourth-order valence-corrected chi connectivity index (χ4v) is 2.23. The lowest BCUT2D eigenvalue weighted by Crippen LogP contribution is -2.68. The molecule has 100 valence electrons. The van der Waals surface area contributed by atoms with Crippen molar-refractivity contribution in [2.45, 2.75) is 19.0 Å². The van der Waals surface area contributed by atoms with Crippen LogP contribution in [0.25, 0.3) is 0 Å². The molecular formula is C14H17N3O2. The second kappa shape index (κ2) is 5.29. The third kappa shape index (κ3) is 3.04. The maximum absolute atomic E-state index is 11.3. The van der Waals surface area contributed by atoms with Gasteiger partial charge in [-0.05, 0) is 24.6 Å². The highest BCUT2D eigenvalue weighted by atomic mass is 16.5. The minimum atomic E-state index is -0.286. The van der Waals surface area contributed by atoms with Gasteiger partial charge in [-0.15, -0.1) is 0 Å². The van der Waals surface area contributed by atoms with E-state index in [2.05, 4.69) is 23.0 Å². The Kier molecular flexibility index (Phi) is 3.72. The van der Waals surface area contributed by atoms with E-state index in [4.69, 9.17) is 5.26 Å². The topological polar surface area (TPSA) is 65.4 Å². The van der Waals surface area contributed by atoms with Crippen molar-refractivity contribution < 1.29 is 9.53 Å². The van der Waals surface area contributed by atoms with E-state index in [9.17, 15) is 4.79 Å². The van der Waals surface area contributed by atoms with Crippen molar-refractivity contribution in [3.05, 3.63) is 35.4 Å². The summed E-state index contributed by atoms with van der Waals surface area (Å²) in [4.78, 5) is 12.9. The molecule has 0 unspecified atom stereocenters. The lowest BCUT2D eigenvalue weighted by molar-refractivity contribution is 0.0413. The van der Waals surface area contributed by atoms with Crippen LogP contribution in [0.1, 0.15) is 18.1 Å². The molecule has 1 aliphatic rings. The molecule has 0 saturated carbocycles. The largest absolute Gasteiger partial charge is 0.453 e. The highest BCUT2D eigenvalue weighted by Crippen LogP contribution is 2.21. The number of nitriles is 1. The van der Waals surface area contributed by atoms with Crippen LogP contribution in [-0.2, 0) is 11.3 Å². The first-order valence-corrected chi connectivity index (χ1v) is 6.13. The van der Waals surface area contributed by atoms with E-state index < -0.39 is 0 Å². The number of carbonyl (C=O) groups excluding carboxylic acids is 1. The number of ether oxygens (including phenoxy) is 1. The smallest absolute Gasteiger partial charge is 0.409 e. The van der Waals surface area contributed by atoms with Crippen LogP contribution >= 0.6 is 0 Å². The Morgan fingerprint density at radius 1 is 1.58 bits per heavy atom. The number of carbonyl (C=O) groups is 1.